The zero-order chi connectivity index (χ0) is 25.6. The van der Waals surface area contributed by atoms with Crippen LogP contribution in [0, 0.1) is 6.92 Å². The average molecular weight is 519 g/mol. The highest BCUT2D eigenvalue weighted by Crippen LogP contribution is 2.46. The van der Waals surface area contributed by atoms with E-state index in [0.717, 1.165) is 0 Å². The summed E-state index contributed by atoms with van der Waals surface area (Å²) in [5.41, 5.74) is -1.35. The third kappa shape index (κ3) is 5.93. The lowest BCUT2D eigenvalue weighted by atomic mass is 10.0. The van der Waals surface area contributed by atoms with Crippen LogP contribution in [0.15, 0.2) is 15.8 Å². The van der Waals surface area contributed by atoms with Gasteiger partial charge in [-0.15, -0.1) is 11.6 Å². The molecule has 2 heterocycles. The van der Waals surface area contributed by atoms with Gasteiger partial charge < -0.3 is 13.6 Å². The van der Waals surface area contributed by atoms with Gasteiger partial charge in [0.2, 0.25) is 0 Å². The van der Waals surface area contributed by atoms with E-state index < -0.39 is 39.7 Å². The molecule has 190 valence electrons. The van der Waals surface area contributed by atoms with Gasteiger partial charge in [0.15, 0.2) is 16.6 Å². The quantitative estimate of drug-likeness (QED) is 0.398. The third-order valence-corrected chi connectivity index (χ3v) is 17.2. The van der Waals surface area contributed by atoms with Crippen molar-refractivity contribution in [2.24, 2.45) is 0 Å². The van der Waals surface area contributed by atoms with Crippen LogP contribution in [0.5, 0.6) is 0 Å². The third-order valence-electron chi connectivity index (χ3n) is 7.78. The number of aryl methyl sites for hydroxylation is 1. The number of nitrogens with one attached hydrogen (secondary N) is 1. The van der Waals surface area contributed by atoms with E-state index >= 15 is 0 Å². The Labute approximate surface area is 205 Å². The van der Waals surface area contributed by atoms with Crippen molar-refractivity contribution in [3.8, 4) is 0 Å². The van der Waals surface area contributed by atoms with E-state index in [1.54, 1.807) is 13.1 Å². The number of rotatable bonds is 7. The fraction of sp³-hybridized carbons (Fsp3) is 0.826. The predicted octanol–water partition coefficient (Wildman–Crippen LogP) is 5.15. The van der Waals surface area contributed by atoms with Gasteiger partial charge in [0.1, 0.15) is 11.8 Å². The molecule has 0 amide bonds. The summed E-state index contributed by atoms with van der Waals surface area (Å²) in [6, 6.07) is 0. The Hall–Kier alpha value is -0.716. The molecule has 0 saturated carbocycles. The minimum Gasteiger partial charge on any atom is -0.414 e. The first-order valence-corrected chi connectivity index (χ1v) is 18.0. The Kier molecular flexibility index (Phi) is 8.11. The van der Waals surface area contributed by atoms with Crippen molar-refractivity contribution in [3.05, 3.63) is 32.6 Å². The summed E-state index contributed by atoms with van der Waals surface area (Å²) >= 11 is 6.60. The van der Waals surface area contributed by atoms with Gasteiger partial charge in [0.05, 0.1) is 18.6 Å². The van der Waals surface area contributed by atoms with Gasteiger partial charge in [-0.2, -0.15) is 0 Å². The molecule has 0 aliphatic carbocycles. The molecule has 0 bridgehead atoms. The second-order valence-electron chi connectivity index (χ2n) is 12.4. The molecule has 1 fully saturated rings. The number of hydrogen-bond donors (Lipinski definition) is 1. The highest BCUT2D eigenvalue weighted by atomic mass is 35.5. The highest BCUT2D eigenvalue weighted by Gasteiger charge is 2.54. The summed E-state index contributed by atoms with van der Waals surface area (Å²) in [7, 11) is -4.27. The Bertz CT molecular complexity index is 961. The van der Waals surface area contributed by atoms with E-state index in [9.17, 15) is 9.59 Å². The number of hydrogen-bond acceptors (Lipinski definition) is 5. The first kappa shape index (κ1) is 28.5. The SMILES string of the molecule is Cc1cn([C@H]2C[C@H](O[Si](C)(C)C(C)(C)C)[C@@](CCl)(CO[Si](C)(C)C(C)(C)C)O2)c(=O)[nH]c1=O. The van der Waals surface area contributed by atoms with Crippen LogP contribution in [0.2, 0.25) is 36.3 Å². The molecule has 1 N–H and O–H groups in total. The standard InChI is InChI=1S/C23H43ClN2O5Si2/c1-16-13-26(20(28)25-19(16)27)18-12-17(31-33(10,11)22(5,6)7)23(14-24,30-18)15-29-32(8,9)21(2,3)4/h13,17-18H,12,14-15H2,1-11H3,(H,25,27,28)/t17-,18+,23+/m0/s1. The topological polar surface area (TPSA) is 82.6 Å². The van der Waals surface area contributed by atoms with Gasteiger partial charge in [-0.3, -0.25) is 14.3 Å². The van der Waals surface area contributed by atoms with Gasteiger partial charge in [0.25, 0.3) is 5.56 Å². The normalized spacial score (nSPS) is 25.0. The van der Waals surface area contributed by atoms with Crippen LogP contribution in [-0.2, 0) is 13.6 Å². The number of halogens is 1. The fourth-order valence-corrected chi connectivity index (χ4v) is 5.98. The molecule has 33 heavy (non-hydrogen) atoms. The maximum absolute atomic E-state index is 12.6. The highest BCUT2D eigenvalue weighted by molar-refractivity contribution is 6.74. The van der Waals surface area contributed by atoms with Crippen LogP contribution in [-0.4, -0.2) is 50.4 Å². The maximum atomic E-state index is 12.6. The van der Waals surface area contributed by atoms with Crippen molar-refractivity contribution in [2.75, 3.05) is 12.5 Å². The number of alkyl halides is 1. The van der Waals surface area contributed by atoms with Crippen LogP contribution in [0.3, 0.4) is 0 Å². The van der Waals surface area contributed by atoms with Gasteiger partial charge >= 0.3 is 5.69 Å². The molecule has 1 saturated heterocycles. The minimum atomic E-state index is -2.18. The molecule has 7 nitrogen and oxygen atoms in total. The summed E-state index contributed by atoms with van der Waals surface area (Å²) in [5, 5.41) is 0.0239. The Morgan fingerprint density at radius 2 is 1.67 bits per heavy atom. The first-order valence-electron chi connectivity index (χ1n) is 11.6. The summed E-state index contributed by atoms with van der Waals surface area (Å²) in [5.74, 6) is 0.175. The van der Waals surface area contributed by atoms with E-state index in [-0.39, 0.29) is 22.1 Å². The molecule has 1 aromatic heterocycles. The largest absolute Gasteiger partial charge is 0.414 e. The van der Waals surface area contributed by atoms with Crippen molar-refractivity contribution < 1.29 is 13.6 Å². The second kappa shape index (κ2) is 9.39. The smallest absolute Gasteiger partial charge is 0.330 e. The van der Waals surface area contributed by atoms with Crippen LogP contribution < -0.4 is 11.2 Å². The molecular formula is C23H43ClN2O5Si2. The van der Waals surface area contributed by atoms with Crippen molar-refractivity contribution >= 4 is 28.2 Å². The Balaban J connectivity index is 2.49. The van der Waals surface area contributed by atoms with Gasteiger partial charge in [-0.25, -0.2) is 4.79 Å². The average Bonchev–Trinajstić information content (AvgIpc) is 2.99. The Morgan fingerprint density at radius 1 is 1.12 bits per heavy atom. The molecule has 3 atom stereocenters. The summed E-state index contributed by atoms with van der Waals surface area (Å²) in [4.78, 5) is 26.9. The maximum Gasteiger partial charge on any atom is 0.330 e. The summed E-state index contributed by atoms with van der Waals surface area (Å²) in [6.07, 6.45) is 1.05. The van der Waals surface area contributed by atoms with Gasteiger partial charge in [-0.05, 0) is 43.2 Å². The van der Waals surface area contributed by atoms with E-state index in [1.807, 2.05) is 0 Å². The molecule has 1 aliphatic rings. The van der Waals surface area contributed by atoms with E-state index in [1.165, 1.54) is 4.57 Å². The molecule has 0 spiro atoms. The van der Waals surface area contributed by atoms with Crippen molar-refractivity contribution in [2.45, 2.75) is 109 Å². The molecular weight excluding hydrogens is 476 g/mol. The molecule has 2 rings (SSSR count). The molecule has 1 aromatic rings. The van der Waals surface area contributed by atoms with E-state index in [4.69, 9.17) is 25.2 Å². The number of nitrogens with zero attached hydrogens (tertiary/aromatic N) is 1. The Morgan fingerprint density at radius 3 is 2.15 bits per heavy atom. The predicted molar refractivity (Wildman–Crippen MR) is 139 cm³/mol. The van der Waals surface area contributed by atoms with Crippen molar-refractivity contribution in [1.29, 1.82) is 0 Å². The van der Waals surface area contributed by atoms with Crippen LogP contribution in [0.4, 0.5) is 0 Å². The van der Waals surface area contributed by atoms with Crippen molar-refractivity contribution in [3.63, 3.8) is 0 Å². The summed E-state index contributed by atoms with van der Waals surface area (Å²) in [6.45, 7) is 23.9. The lowest BCUT2D eigenvalue weighted by Gasteiger charge is -2.44. The number of H-pyrrole nitrogens is 1. The molecule has 10 heteroatoms. The lowest BCUT2D eigenvalue weighted by Crippen LogP contribution is -2.55. The van der Waals surface area contributed by atoms with Crippen LogP contribution in [0.25, 0.3) is 0 Å². The number of ether oxygens (including phenoxy) is 1. The number of aromatic nitrogens is 2. The minimum absolute atomic E-state index is 0.00512. The number of aromatic amines is 1. The van der Waals surface area contributed by atoms with Crippen molar-refractivity contribution in [1.82, 2.24) is 9.55 Å². The van der Waals surface area contributed by atoms with Crippen LogP contribution in [0.1, 0.15) is 59.8 Å². The zero-order valence-corrected chi connectivity index (χ0v) is 25.0. The second-order valence-corrected chi connectivity index (χ2v) is 22.2. The first-order chi connectivity index (χ1) is 14.8. The molecule has 1 aliphatic heterocycles. The lowest BCUT2D eigenvalue weighted by molar-refractivity contribution is -0.109. The van der Waals surface area contributed by atoms with Gasteiger partial charge in [0, 0.05) is 18.2 Å². The molecule has 0 unspecified atom stereocenters. The van der Waals surface area contributed by atoms with Gasteiger partial charge in [-0.1, -0.05) is 41.5 Å². The fourth-order valence-electron chi connectivity index (χ4n) is 3.25. The zero-order valence-electron chi connectivity index (χ0n) is 22.2. The van der Waals surface area contributed by atoms with Crippen LogP contribution >= 0.6 is 11.6 Å². The summed E-state index contributed by atoms with van der Waals surface area (Å²) < 4.78 is 21.4. The van der Waals surface area contributed by atoms with E-state index in [0.29, 0.717) is 18.6 Å². The van der Waals surface area contributed by atoms with E-state index in [2.05, 4.69) is 72.7 Å². The molecule has 0 radical (unpaired) electrons. The monoisotopic (exact) mass is 518 g/mol. The molecule has 0 aromatic carbocycles.